The first-order valence-electron chi connectivity index (χ1n) is 8.50. The monoisotopic (exact) mass is 351 g/mol. The van der Waals surface area contributed by atoms with E-state index < -0.39 is 0 Å². The van der Waals surface area contributed by atoms with Crippen LogP contribution in [0.1, 0.15) is 18.9 Å². The topological polar surface area (TPSA) is 101 Å². The molecule has 10 heteroatoms. The molecule has 0 aliphatic carbocycles. The van der Waals surface area contributed by atoms with Gasteiger partial charge in [-0.1, -0.05) is 5.21 Å². The molecular formula is C16H17N9O. The highest BCUT2D eigenvalue weighted by Crippen LogP contribution is 2.23. The summed E-state index contributed by atoms with van der Waals surface area (Å²) in [6, 6.07) is 4.16. The molecule has 5 heterocycles. The molecule has 1 aliphatic heterocycles. The number of hydrogen-bond acceptors (Lipinski definition) is 7. The van der Waals surface area contributed by atoms with E-state index in [2.05, 4.69) is 30.5 Å². The Kier molecular flexibility index (Phi) is 3.49. The molecule has 1 saturated heterocycles. The molecular weight excluding hydrogens is 334 g/mol. The van der Waals surface area contributed by atoms with E-state index in [1.807, 2.05) is 36.3 Å². The Labute approximate surface area is 148 Å². The number of fused-ring (bicyclic) bond motifs is 1. The van der Waals surface area contributed by atoms with E-state index in [0.29, 0.717) is 28.8 Å². The van der Waals surface area contributed by atoms with Crippen LogP contribution in [0.5, 0.6) is 0 Å². The van der Waals surface area contributed by atoms with E-state index >= 15 is 0 Å². The largest absolute Gasteiger partial charge is 0.381 e. The lowest BCUT2D eigenvalue weighted by Gasteiger charge is -2.22. The first kappa shape index (κ1) is 15.1. The van der Waals surface area contributed by atoms with Crippen molar-refractivity contribution in [3.8, 4) is 17.3 Å². The second-order valence-corrected chi connectivity index (χ2v) is 6.28. The maximum Gasteiger partial charge on any atom is 0.189 e. The van der Waals surface area contributed by atoms with Crippen LogP contribution in [-0.4, -0.2) is 57.7 Å². The standard InChI is InChI=1S/C16H17N9O/c1-23-6-3-14(21-23)25-16-13(19-22-25)10-17-15(18-16)12-2-7-24(20-12)11-4-8-26-9-5-11/h2-3,6-7,10-11H,4-5,8-9H2,1H3. The quantitative estimate of drug-likeness (QED) is 0.546. The van der Waals surface area contributed by atoms with E-state index in [4.69, 9.17) is 4.74 Å². The lowest BCUT2D eigenvalue weighted by molar-refractivity contribution is 0.0663. The second-order valence-electron chi connectivity index (χ2n) is 6.28. The van der Waals surface area contributed by atoms with E-state index in [0.717, 1.165) is 31.7 Å². The first-order chi connectivity index (χ1) is 12.8. The Morgan fingerprint density at radius 1 is 1.12 bits per heavy atom. The lowest BCUT2D eigenvalue weighted by atomic mass is 10.1. The van der Waals surface area contributed by atoms with Crippen molar-refractivity contribution in [2.24, 2.45) is 7.05 Å². The van der Waals surface area contributed by atoms with E-state index in [-0.39, 0.29) is 0 Å². The highest BCUT2D eigenvalue weighted by Gasteiger charge is 2.18. The minimum absolute atomic E-state index is 0.363. The predicted octanol–water partition coefficient (Wildman–Crippen LogP) is 1.16. The molecule has 0 saturated carbocycles. The fourth-order valence-electron chi connectivity index (χ4n) is 3.13. The molecule has 5 rings (SSSR count). The van der Waals surface area contributed by atoms with Gasteiger partial charge in [0.1, 0.15) is 5.69 Å². The summed E-state index contributed by atoms with van der Waals surface area (Å²) in [6.07, 6.45) is 7.43. The minimum atomic E-state index is 0.363. The molecule has 132 valence electrons. The molecule has 0 amide bonds. The van der Waals surface area contributed by atoms with Gasteiger partial charge in [0.25, 0.3) is 0 Å². The number of rotatable bonds is 3. The molecule has 1 aliphatic rings. The average molecular weight is 351 g/mol. The molecule has 0 radical (unpaired) electrons. The normalized spacial score (nSPS) is 15.7. The fraction of sp³-hybridized carbons (Fsp3) is 0.375. The van der Waals surface area contributed by atoms with Crippen molar-refractivity contribution >= 4 is 11.2 Å². The summed E-state index contributed by atoms with van der Waals surface area (Å²) in [5.41, 5.74) is 1.95. The Morgan fingerprint density at radius 2 is 2.00 bits per heavy atom. The number of hydrogen-bond donors (Lipinski definition) is 0. The van der Waals surface area contributed by atoms with Crippen LogP contribution in [0.2, 0.25) is 0 Å². The highest BCUT2D eigenvalue weighted by atomic mass is 16.5. The number of aryl methyl sites for hydroxylation is 1. The van der Waals surface area contributed by atoms with Crippen molar-refractivity contribution in [1.29, 1.82) is 0 Å². The SMILES string of the molecule is Cn1ccc(-n2nnc3cnc(-c4ccn(C5CCOCC5)n4)nc32)n1. The molecule has 10 nitrogen and oxygen atoms in total. The number of nitrogens with zero attached hydrogens (tertiary/aromatic N) is 9. The van der Waals surface area contributed by atoms with Gasteiger partial charge in [0.2, 0.25) is 0 Å². The van der Waals surface area contributed by atoms with Crippen molar-refractivity contribution in [2.45, 2.75) is 18.9 Å². The Balaban J connectivity index is 1.52. The Morgan fingerprint density at radius 3 is 2.81 bits per heavy atom. The zero-order valence-electron chi connectivity index (χ0n) is 14.2. The summed E-state index contributed by atoms with van der Waals surface area (Å²) < 4.78 is 10.7. The van der Waals surface area contributed by atoms with E-state index in [1.165, 1.54) is 0 Å². The molecule has 0 aromatic carbocycles. The van der Waals surface area contributed by atoms with Gasteiger partial charge in [-0.3, -0.25) is 9.36 Å². The Hall–Kier alpha value is -3.14. The fourth-order valence-corrected chi connectivity index (χ4v) is 3.13. The zero-order chi connectivity index (χ0) is 17.5. The van der Waals surface area contributed by atoms with Crippen molar-refractivity contribution in [3.63, 3.8) is 0 Å². The van der Waals surface area contributed by atoms with Crippen LogP contribution in [0.15, 0.2) is 30.7 Å². The van der Waals surface area contributed by atoms with Gasteiger partial charge >= 0.3 is 0 Å². The highest BCUT2D eigenvalue weighted by molar-refractivity contribution is 5.72. The molecule has 0 bridgehead atoms. The molecule has 1 fully saturated rings. The predicted molar refractivity (Wildman–Crippen MR) is 91.5 cm³/mol. The van der Waals surface area contributed by atoms with Gasteiger partial charge in [0, 0.05) is 38.7 Å². The molecule has 4 aromatic rings. The van der Waals surface area contributed by atoms with Crippen LogP contribution >= 0.6 is 0 Å². The van der Waals surface area contributed by atoms with Gasteiger partial charge in [-0.15, -0.1) is 5.10 Å². The van der Waals surface area contributed by atoms with E-state index in [9.17, 15) is 0 Å². The van der Waals surface area contributed by atoms with Crippen LogP contribution in [-0.2, 0) is 11.8 Å². The first-order valence-corrected chi connectivity index (χ1v) is 8.50. The maximum absolute atomic E-state index is 5.42. The van der Waals surface area contributed by atoms with Gasteiger partial charge in [0.15, 0.2) is 22.8 Å². The average Bonchev–Trinajstić information content (AvgIpc) is 3.41. The summed E-state index contributed by atoms with van der Waals surface area (Å²) in [5, 5.41) is 17.3. The van der Waals surface area contributed by atoms with Crippen molar-refractivity contribution in [1.82, 2.24) is 44.5 Å². The maximum atomic E-state index is 5.42. The van der Waals surface area contributed by atoms with Crippen molar-refractivity contribution < 1.29 is 4.74 Å². The van der Waals surface area contributed by atoms with Crippen LogP contribution in [0.4, 0.5) is 0 Å². The van der Waals surface area contributed by atoms with Crippen LogP contribution in [0.3, 0.4) is 0 Å². The van der Waals surface area contributed by atoms with Gasteiger partial charge in [0.05, 0.1) is 12.2 Å². The molecule has 0 spiro atoms. The lowest BCUT2D eigenvalue weighted by Crippen LogP contribution is -2.19. The third kappa shape index (κ3) is 2.54. The molecule has 4 aromatic heterocycles. The second kappa shape index (κ2) is 5.99. The Bertz CT molecular complexity index is 1060. The summed E-state index contributed by atoms with van der Waals surface area (Å²) in [7, 11) is 1.85. The summed E-state index contributed by atoms with van der Waals surface area (Å²) in [6.45, 7) is 1.55. The number of ether oxygens (including phenoxy) is 1. The third-order valence-electron chi connectivity index (χ3n) is 4.51. The van der Waals surface area contributed by atoms with E-state index in [1.54, 1.807) is 15.6 Å². The summed E-state index contributed by atoms with van der Waals surface area (Å²) in [5.74, 6) is 1.20. The summed E-state index contributed by atoms with van der Waals surface area (Å²) >= 11 is 0. The summed E-state index contributed by atoms with van der Waals surface area (Å²) in [4.78, 5) is 9.02. The van der Waals surface area contributed by atoms with Gasteiger partial charge in [-0.05, 0) is 18.9 Å². The zero-order valence-corrected chi connectivity index (χ0v) is 14.2. The molecule has 0 atom stereocenters. The van der Waals surface area contributed by atoms with Crippen LogP contribution < -0.4 is 0 Å². The van der Waals surface area contributed by atoms with Crippen LogP contribution in [0, 0.1) is 0 Å². The molecule has 0 N–H and O–H groups in total. The van der Waals surface area contributed by atoms with Crippen LogP contribution in [0.25, 0.3) is 28.5 Å². The van der Waals surface area contributed by atoms with Crippen molar-refractivity contribution in [2.75, 3.05) is 13.2 Å². The van der Waals surface area contributed by atoms with Gasteiger partial charge < -0.3 is 4.74 Å². The smallest absolute Gasteiger partial charge is 0.189 e. The number of aromatic nitrogens is 9. The minimum Gasteiger partial charge on any atom is -0.381 e. The van der Waals surface area contributed by atoms with Gasteiger partial charge in [-0.25, -0.2) is 9.97 Å². The van der Waals surface area contributed by atoms with Gasteiger partial charge in [-0.2, -0.15) is 14.9 Å². The van der Waals surface area contributed by atoms with Crippen molar-refractivity contribution in [3.05, 3.63) is 30.7 Å². The molecule has 0 unspecified atom stereocenters. The molecule has 26 heavy (non-hydrogen) atoms. The third-order valence-corrected chi connectivity index (χ3v) is 4.51.